The van der Waals surface area contributed by atoms with Crippen LogP contribution < -0.4 is 14.4 Å². The van der Waals surface area contributed by atoms with Gasteiger partial charge in [-0.3, -0.25) is 9.10 Å². The Morgan fingerprint density at radius 2 is 1.66 bits per heavy atom. The van der Waals surface area contributed by atoms with Crippen molar-refractivity contribution in [3.8, 4) is 5.75 Å². The van der Waals surface area contributed by atoms with Gasteiger partial charge in [-0.05, 0) is 92.6 Å². The van der Waals surface area contributed by atoms with Crippen LogP contribution in [0.1, 0.15) is 49.4 Å². The first-order valence-corrected chi connectivity index (χ1v) is 13.5. The second-order valence-electron chi connectivity index (χ2n) is 8.78. The van der Waals surface area contributed by atoms with E-state index < -0.39 is 10.0 Å². The van der Waals surface area contributed by atoms with Crippen molar-refractivity contribution < 1.29 is 17.9 Å². The van der Waals surface area contributed by atoms with E-state index in [0.29, 0.717) is 18.0 Å². The van der Waals surface area contributed by atoms with E-state index in [1.165, 1.54) is 36.1 Å². The van der Waals surface area contributed by atoms with Crippen LogP contribution in [0, 0.1) is 0 Å². The number of hydrogen-bond donors (Lipinski definition) is 1. The van der Waals surface area contributed by atoms with E-state index in [0.717, 1.165) is 22.7 Å². The smallest absolute Gasteiger partial charge is 0.264 e. The Kier molecular flexibility index (Phi) is 7.76. The minimum atomic E-state index is -3.98. The molecule has 1 atom stereocenters. The van der Waals surface area contributed by atoms with Crippen LogP contribution in [0.4, 0.5) is 5.69 Å². The summed E-state index contributed by atoms with van der Waals surface area (Å²) in [6.07, 6.45) is 4.57. The molecule has 0 radical (unpaired) electrons. The molecule has 6 nitrogen and oxygen atoms in total. The van der Waals surface area contributed by atoms with Crippen molar-refractivity contribution in [3.05, 3.63) is 89.5 Å². The summed E-state index contributed by atoms with van der Waals surface area (Å²) >= 11 is 0. The van der Waals surface area contributed by atoms with E-state index >= 15 is 0 Å². The van der Waals surface area contributed by atoms with E-state index in [-0.39, 0.29) is 23.4 Å². The first-order valence-electron chi connectivity index (χ1n) is 12.1. The second kappa shape index (κ2) is 11.0. The lowest BCUT2D eigenvalue weighted by Gasteiger charge is -2.25. The highest BCUT2D eigenvalue weighted by Gasteiger charge is 2.28. The van der Waals surface area contributed by atoms with Gasteiger partial charge >= 0.3 is 0 Å². The molecule has 3 aromatic carbocycles. The van der Waals surface area contributed by atoms with Gasteiger partial charge in [0.15, 0.2) is 0 Å². The van der Waals surface area contributed by atoms with Crippen molar-refractivity contribution >= 4 is 21.6 Å². The van der Waals surface area contributed by atoms with Gasteiger partial charge < -0.3 is 10.1 Å². The van der Waals surface area contributed by atoms with E-state index in [1.807, 2.05) is 19.9 Å². The predicted octanol–water partition coefficient (Wildman–Crippen LogP) is 5.04. The molecule has 35 heavy (non-hydrogen) atoms. The predicted molar refractivity (Wildman–Crippen MR) is 138 cm³/mol. The molecule has 3 aromatic rings. The number of sulfonamides is 1. The van der Waals surface area contributed by atoms with Crippen molar-refractivity contribution in [2.75, 3.05) is 17.5 Å². The van der Waals surface area contributed by atoms with Crippen molar-refractivity contribution in [1.82, 2.24) is 5.32 Å². The molecule has 1 amide bonds. The van der Waals surface area contributed by atoms with Gasteiger partial charge in [0.2, 0.25) is 5.91 Å². The third-order valence-electron chi connectivity index (χ3n) is 6.30. The monoisotopic (exact) mass is 492 g/mol. The fraction of sp³-hybridized carbons (Fsp3) is 0.321. The topological polar surface area (TPSA) is 75.7 Å². The van der Waals surface area contributed by atoms with E-state index in [2.05, 4.69) is 23.5 Å². The molecule has 1 N–H and O–H groups in total. The summed E-state index contributed by atoms with van der Waals surface area (Å²) in [5, 5.41) is 2.99. The third kappa shape index (κ3) is 5.85. The van der Waals surface area contributed by atoms with Crippen LogP contribution in [0.3, 0.4) is 0 Å². The summed E-state index contributed by atoms with van der Waals surface area (Å²) in [7, 11) is -3.98. The average Bonchev–Trinajstić information content (AvgIpc) is 2.88. The minimum Gasteiger partial charge on any atom is -0.494 e. The zero-order valence-electron chi connectivity index (χ0n) is 20.2. The number of carbonyl (C=O) groups excluding carboxylic acids is 1. The van der Waals surface area contributed by atoms with Gasteiger partial charge in [-0.2, -0.15) is 0 Å². The maximum atomic E-state index is 13.6. The number of aryl methyl sites for hydroxylation is 2. The summed E-state index contributed by atoms with van der Waals surface area (Å²) in [6, 6.07) is 21.1. The summed E-state index contributed by atoms with van der Waals surface area (Å²) < 4.78 is 33.7. The maximum absolute atomic E-state index is 13.6. The van der Waals surface area contributed by atoms with Crippen LogP contribution in [0.5, 0.6) is 5.75 Å². The highest BCUT2D eigenvalue weighted by atomic mass is 32.2. The number of carbonyl (C=O) groups is 1. The number of anilines is 1. The molecule has 7 heteroatoms. The van der Waals surface area contributed by atoms with Crippen molar-refractivity contribution in [2.45, 2.75) is 50.5 Å². The number of para-hydroxylation sites is 1. The molecule has 0 bridgehead atoms. The van der Waals surface area contributed by atoms with Gasteiger partial charge in [0, 0.05) is 0 Å². The average molecular weight is 493 g/mol. The molecule has 0 spiro atoms. The first-order chi connectivity index (χ1) is 16.9. The summed E-state index contributed by atoms with van der Waals surface area (Å²) in [6.45, 7) is 3.96. The Hall–Kier alpha value is -3.32. The SMILES string of the molecule is CCOc1ccc(S(=O)(=O)N(CC(=O)N[C@@H](C)c2ccc3c(c2)CCCC3)c2ccccc2)cc1. The Bertz CT molecular complexity index is 1260. The number of nitrogens with one attached hydrogen (secondary N) is 1. The van der Waals surface area contributed by atoms with Crippen LogP contribution in [0.15, 0.2) is 77.7 Å². The Morgan fingerprint density at radius 3 is 2.34 bits per heavy atom. The summed E-state index contributed by atoms with van der Waals surface area (Å²) in [4.78, 5) is 13.2. The molecule has 0 fully saturated rings. The first kappa shape index (κ1) is 24.8. The minimum absolute atomic E-state index is 0.0975. The molecule has 0 saturated carbocycles. The highest BCUT2D eigenvalue weighted by molar-refractivity contribution is 7.92. The third-order valence-corrected chi connectivity index (χ3v) is 8.09. The van der Waals surface area contributed by atoms with Crippen molar-refractivity contribution in [2.24, 2.45) is 0 Å². The van der Waals surface area contributed by atoms with Crippen LogP contribution in [0.2, 0.25) is 0 Å². The largest absolute Gasteiger partial charge is 0.494 e. The summed E-state index contributed by atoms with van der Waals surface area (Å²) in [5.74, 6) is 0.225. The van der Waals surface area contributed by atoms with Gasteiger partial charge in [0.05, 0.1) is 23.2 Å². The van der Waals surface area contributed by atoms with Crippen molar-refractivity contribution in [1.29, 1.82) is 0 Å². The molecular formula is C28H32N2O4S. The number of hydrogen-bond acceptors (Lipinski definition) is 4. The Labute approximate surface area is 208 Å². The van der Waals surface area contributed by atoms with Gasteiger partial charge in [-0.25, -0.2) is 8.42 Å². The van der Waals surface area contributed by atoms with Gasteiger partial charge in [0.1, 0.15) is 12.3 Å². The standard InChI is InChI=1S/C28H32N2O4S/c1-3-34-26-15-17-27(18-16-26)35(32,33)30(25-11-5-4-6-12-25)20-28(31)29-21(2)23-14-13-22-9-7-8-10-24(22)19-23/h4-6,11-19,21H,3,7-10,20H2,1-2H3,(H,29,31)/t21-/m0/s1. The normalized spacial score (nSPS) is 14.0. The van der Waals surface area contributed by atoms with Crippen LogP contribution in [0.25, 0.3) is 0 Å². The molecule has 4 rings (SSSR count). The van der Waals surface area contributed by atoms with Crippen LogP contribution >= 0.6 is 0 Å². The second-order valence-corrected chi connectivity index (χ2v) is 10.6. The Morgan fingerprint density at radius 1 is 0.971 bits per heavy atom. The molecule has 0 heterocycles. The molecule has 1 aliphatic carbocycles. The molecule has 1 aliphatic rings. The molecular weight excluding hydrogens is 460 g/mol. The molecule has 0 aliphatic heterocycles. The zero-order valence-corrected chi connectivity index (χ0v) is 21.1. The quantitative estimate of drug-likeness (QED) is 0.454. The lowest BCUT2D eigenvalue weighted by atomic mass is 9.89. The van der Waals surface area contributed by atoms with Gasteiger partial charge in [-0.1, -0.05) is 36.4 Å². The lowest BCUT2D eigenvalue weighted by Crippen LogP contribution is -2.41. The number of amides is 1. The fourth-order valence-electron chi connectivity index (χ4n) is 4.43. The number of benzene rings is 3. The van der Waals surface area contributed by atoms with Gasteiger partial charge in [0.25, 0.3) is 10.0 Å². The lowest BCUT2D eigenvalue weighted by molar-refractivity contribution is -0.120. The number of nitrogens with zero attached hydrogens (tertiary/aromatic N) is 1. The highest BCUT2D eigenvalue weighted by Crippen LogP contribution is 2.27. The number of ether oxygens (including phenoxy) is 1. The van der Waals surface area contributed by atoms with Gasteiger partial charge in [-0.15, -0.1) is 0 Å². The number of fused-ring (bicyclic) bond motifs is 1. The maximum Gasteiger partial charge on any atom is 0.264 e. The molecule has 0 aromatic heterocycles. The van der Waals surface area contributed by atoms with Crippen molar-refractivity contribution in [3.63, 3.8) is 0 Å². The molecule has 0 saturated heterocycles. The van der Waals surface area contributed by atoms with Crippen LogP contribution in [-0.4, -0.2) is 27.5 Å². The van der Waals surface area contributed by atoms with Crippen LogP contribution in [-0.2, 0) is 27.7 Å². The number of rotatable bonds is 9. The van der Waals surface area contributed by atoms with E-state index in [1.54, 1.807) is 36.4 Å². The fourth-order valence-corrected chi connectivity index (χ4v) is 5.86. The summed E-state index contributed by atoms with van der Waals surface area (Å²) in [5.41, 5.74) is 4.19. The van der Waals surface area contributed by atoms with E-state index in [9.17, 15) is 13.2 Å². The molecule has 0 unspecified atom stereocenters. The Balaban J connectivity index is 1.54. The zero-order chi connectivity index (χ0) is 24.8. The molecule has 184 valence electrons. The van der Waals surface area contributed by atoms with E-state index in [4.69, 9.17) is 4.74 Å².